The Morgan fingerprint density at radius 3 is 2.41 bits per heavy atom. The number of hydrogen-bond acceptors (Lipinski definition) is 4. The lowest BCUT2D eigenvalue weighted by atomic mass is 9.90. The third-order valence-corrected chi connectivity index (χ3v) is 3.97. The first kappa shape index (κ1) is 12.8. The quantitative estimate of drug-likeness (QED) is 0.741. The minimum Gasteiger partial charge on any atom is -0.462 e. The molecule has 1 aliphatic carbocycles. The Kier molecular flexibility index (Phi) is 4.40. The predicted octanol–water partition coefficient (Wildman–Crippen LogP) is 1.32. The maximum atomic E-state index is 10.9. The van der Waals surface area contributed by atoms with Gasteiger partial charge >= 0.3 is 5.97 Å². The van der Waals surface area contributed by atoms with Crippen LogP contribution >= 0.6 is 0 Å². The average Bonchev–Trinajstić information content (AvgIpc) is 2.30. The van der Waals surface area contributed by atoms with Gasteiger partial charge in [0, 0.05) is 26.1 Å². The molecule has 1 N–H and O–H groups in total. The molecule has 2 fully saturated rings. The van der Waals surface area contributed by atoms with Gasteiger partial charge in [0.05, 0.1) is 6.10 Å². The molecule has 2 unspecified atom stereocenters. The lowest BCUT2D eigenvalue weighted by Crippen LogP contribution is -2.50. The summed E-state index contributed by atoms with van der Waals surface area (Å²) in [4.78, 5) is 13.3. The van der Waals surface area contributed by atoms with Gasteiger partial charge in [-0.2, -0.15) is 0 Å². The lowest BCUT2D eigenvalue weighted by Gasteiger charge is -2.41. The normalized spacial score (nSPS) is 32.4. The third kappa shape index (κ3) is 3.42. The van der Waals surface area contributed by atoms with Crippen molar-refractivity contribution in [1.29, 1.82) is 0 Å². The molecule has 2 rings (SSSR count). The number of nitrogens with zero attached hydrogens (tertiary/aromatic N) is 1. The van der Waals surface area contributed by atoms with Crippen LogP contribution in [0.25, 0.3) is 0 Å². The van der Waals surface area contributed by atoms with E-state index < -0.39 is 0 Å². The van der Waals surface area contributed by atoms with E-state index >= 15 is 0 Å². The van der Waals surface area contributed by atoms with Gasteiger partial charge in [0.25, 0.3) is 0 Å². The number of aliphatic hydroxyl groups is 1. The van der Waals surface area contributed by atoms with E-state index in [2.05, 4.69) is 4.90 Å². The molecule has 2 atom stereocenters. The maximum Gasteiger partial charge on any atom is 0.302 e. The number of rotatable bonds is 2. The second kappa shape index (κ2) is 5.83. The van der Waals surface area contributed by atoms with Gasteiger partial charge in [-0.3, -0.25) is 9.69 Å². The molecule has 2 aliphatic rings. The summed E-state index contributed by atoms with van der Waals surface area (Å²) in [6.45, 7) is 3.36. The molecule has 0 aromatic rings. The second-order valence-corrected chi connectivity index (χ2v) is 5.26. The zero-order chi connectivity index (χ0) is 12.3. The van der Waals surface area contributed by atoms with E-state index in [0.717, 1.165) is 45.2 Å². The molecular weight excluding hydrogens is 218 g/mol. The number of esters is 1. The van der Waals surface area contributed by atoms with E-state index in [1.54, 1.807) is 0 Å². The summed E-state index contributed by atoms with van der Waals surface area (Å²) in [7, 11) is 0. The summed E-state index contributed by atoms with van der Waals surface area (Å²) in [5, 5.41) is 10.0. The van der Waals surface area contributed by atoms with Crippen LogP contribution in [0.3, 0.4) is 0 Å². The van der Waals surface area contributed by atoms with Gasteiger partial charge < -0.3 is 9.84 Å². The van der Waals surface area contributed by atoms with Crippen molar-refractivity contribution in [3.8, 4) is 0 Å². The second-order valence-electron chi connectivity index (χ2n) is 5.26. The fourth-order valence-corrected chi connectivity index (χ4v) is 3.08. The van der Waals surface area contributed by atoms with Gasteiger partial charge in [0.1, 0.15) is 6.10 Å². The molecule has 1 saturated carbocycles. The maximum absolute atomic E-state index is 10.9. The van der Waals surface area contributed by atoms with Crippen molar-refractivity contribution in [3.05, 3.63) is 0 Å². The van der Waals surface area contributed by atoms with Crippen molar-refractivity contribution in [1.82, 2.24) is 4.90 Å². The van der Waals surface area contributed by atoms with Crippen LogP contribution in [0.15, 0.2) is 0 Å². The Morgan fingerprint density at radius 1 is 1.18 bits per heavy atom. The lowest BCUT2D eigenvalue weighted by molar-refractivity contribution is -0.149. The molecule has 1 saturated heterocycles. The third-order valence-electron chi connectivity index (χ3n) is 3.97. The smallest absolute Gasteiger partial charge is 0.302 e. The van der Waals surface area contributed by atoms with Crippen LogP contribution in [-0.2, 0) is 9.53 Å². The van der Waals surface area contributed by atoms with Gasteiger partial charge in [0.2, 0.25) is 0 Å². The van der Waals surface area contributed by atoms with Gasteiger partial charge in [-0.05, 0) is 25.7 Å². The molecule has 1 heterocycles. The predicted molar refractivity (Wildman–Crippen MR) is 64.6 cm³/mol. The molecule has 0 spiro atoms. The van der Waals surface area contributed by atoms with E-state index in [9.17, 15) is 9.90 Å². The van der Waals surface area contributed by atoms with Crippen LogP contribution < -0.4 is 0 Å². The van der Waals surface area contributed by atoms with E-state index in [1.807, 2.05) is 0 Å². The highest BCUT2D eigenvalue weighted by Gasteiger charge is 2.31. The Labute approximate surface area is 103 Å². The van der Waals surface area contributed by atoms with Gasteiger partial charge in [-0.25, -0.2) is 0 Å². The van der Waals surface area contributed by atoms with Crippen molar-refractivity contribution in [2.24, 2.45) is 0 Å². The zero-order valence-electron chi connectivity index (χ0n) is 10.6. The van der Waals surface area contributed by atoms with E-state index in [0.29, 0.717) is 6.04 Å². The number of likely N-dealkylation sites (tertiary alicyclic amines) is 1. The van der Waals surface area contributed by atoms with Gasteiger partial charge in [-0.1, -0.05) is 12.8 Å². The largest absolute Gasteiger partial charge is 0.462 e. The zero-order valence-corrected chi connectivity index (χ0v) is 10.6. The summed E-state index contributed by atoms with van der Waals surface area (Å²) in [6.07, 6.45) is 6.17. The number of ether oxygens (including phenoxy) is 1. The average molecular weight is 241 g/mol. The number of hydrogen-bond donors (Lipinski definition) is 1. The van der Waals surface area contributed by atoms with Crippen LogP contribution in [0.5, 0.6) is 0 Å². The fraction of sp³-hybridized carbons (Fsp3) is 0.923. The molecule has 0 aromatic heterocycles. The molecule has 4 nitrogen and oxygen atoms in total. The minimum absolute atomic E-state index is 0.0875. The Balaban J connectivity index is 1.79. The standard InChI is InChI=1S/C13H23NO3/c1-10(15)17-11-6-8-14(9-7-11)12-4-2-3-5-13(12)16/h11-13,16H,2-9H2,1H3. The van der Waals surface area contributed by atoms with Crippen molar-refractivity contribution in [2.75, 3.05) is 13.1 Å². The van der Waals surface area contributed by atoms with Gasteiger partial charge in [0.15, 0.2) is 0 Å². The van der Waals surface area contributed by atoms with Crippen molar-refractivity contribution < 1.29 is 14.6 Å². The van der Waals surface area contributed by atoms with Crippen LogP contribution in [-0.4, -0.2) is 47.3 Å². The minimum atomic E-state index is -0.179. The highest BCUT2D eigenvalue weighted by atomic mass is 16.5. The summed E-state index contributed by atoms with van der Waals surface area (Å²) in [5.74, 6) is -0.179. The Morgan fingerprint density at radius 2 is 1.82 bits per heavy atom. The molecule has 0 radical (unpaired) electrons. The summed E-state index contributed by atoms with van der Waals surface area (Å²) < 4.78 is 5.23. The molecule has 98 valence electrons. The van der Waals surface area contributed by atoms with Crippen molar-refractivity contribution >= 4 is 5.97 Å². The van der Waals surface area contributed by atoms with Crippen LogP contribution in [0.4, 0.5) is 0 Å². The molecule has 0 bridgehead atoms. The Bertz CT molecular complexity index is 261. The van der Waals surface area contributed by atoms with E-state index in [4.69, 9.17) is 4.74 Å². The molecule has 1 aliphatic heterocycles. The molecular formula is C13H23NO3. The topological polar surface area (TPSA) is 49.8 Å². The molecule has 17 heavy (non-hydrogen) atoms. The highest BCUT2D eigenvalue weighted by molar-refractivity contribution is 5.66. The first-order valence-electron chi connectivity index (χ1n) is 6.76. The molecule has 4 heteroatoms. The summed E-state index contributed by atoms with van der Waals surface area (Å²) in [5.41, 5.74) is 0. The van der Waals surface area contributed by atoms with Crippen molar-refractivity contribution in [3.63, 3.8) is 0 Å². The van der Waals surface area contributed by atoms with Crippen LogP contribution in [0.1, 0.15) is 45.4 Å². The molecule has 0 amide bonds. The number of carbonyl (C=O) groups is 1. The van der Waals surface area contributed by atoms with E-state index in [-0.39, 0.29) is 18.2 Å². The summed E-state index contributed by atoms with van der Waals surface area (Å²) >= 11 is 0. The number of aliphatic hydroxyl groups excluding tert-OH is 1. The van der Waals surface area contributed by atoms with Gasteiger partial charge in [-0.15, -0.1) is 0 Å². The van der Waals surface area contributed by atoms with Crippen molar-refractivity contribution in [2.45, 2.75) is 63.7 Å². The monoisotopic (exact) mass is 241 g/mol. The molecule has 0 aromatic carbocycles. The first-order valence-corrected chi connectivity index (χ1v) is 6.76. The fourth-order valence-electron chi connectivity index (χ4n) is 3.08. The summed E-state index contributed by atoms with van der Waals surface area (Å²) in [6, 6.07) is 0.335. The number of piperidine rings is 1. The first-order chi connectivity index (χ1) is 8.16. The Hall–Kier alpha value is -0.610. The number of carbonyl (C=O) groups excluding carboxylic acids is 1. The van der Waals surface area contributed by atoms with Crippen LogP contribution in [0, 0.1) is 0 Å². The highest BCUT2D eigenvalue weighted by Crippen LogP contribution is 2.26. The SMILES string of the molecule is CC(=O)OC1CCN(C2CCCCC2O)CC1. The van der Waals surface area contributed by atoms with E-state index in [1.165, 1.54) is 13.3 Å². The van der Waals surface area contributed by atoms with Crippen LogP contribution in [0.2, 0.25) is 0 Å².